The number of anilines is 1. The number of hydrogen-bond donors (Lipinski definition) is 1. The van der Waals surface area contributed by atoms with Crippen molar-refractivity contribution >= 4 is 63.3 Å². The van der Waals surface area contributed by atoms with Crippen molar-refractivity contribution in [2.45, 2.75) is 27.2 Å². The van der Waals surface area contributed by atoms with E-state index >= 15 is 0 Å². The standard InChI is InChI=1S/C24H29Cl2N5O4S/c1-15(2)12-31(23(35)19-5-4-17(25)10-20(19)26)13-21(33)28-24-27-18(14-36-24)11-22(34)30-8-6-29(7-9-30)16(3)32/h4-5,10,14-15H,6-9,11-13H2,1-3H3,(H,27,28,33). The van der Waals surface area contributed by atoms with Gasteiger partial charge in [0.15, 0.2) is 5.13 Å². The lowest BCUT2D eigenvalue weighted by molar-refractivity contribution is -0.138. The Hall–Kier alpha value is -2.69. The van der Waals surface area contributed by atoms with Gasteiger partial charge < -0.3 is 20.0 Å². The number of piperazine rings is 1. The zero-order valence-electron chi connectivity index (χ0n) is 20.4. The molecule has 0 unspecified atom stereocenters. The molecular weight excluding hydrogens is 525 g/mol. The molecule has 0 saturated carbocycles. The van der Waals surface area contributed by atoms with Gasteiger partial charge in [-0.05, 0) is 24.1 Å². The first-order chi connectivity index (χ1) is 17.0. The molecule has 36 heavy (non-hydrogen) atoms. The smallest absolute Gasteiger partial charge is 0.255 e. The predicted octanol–water partition coefficient (Wildman–Crippen LogP) is 3.42. The van der Waals surface area contributed by atoms with E-state index in [4.69, 9.17) is 23.2 Å². The van der Waals surface area contributed by atoms with Crippen molar-refractivity contribution in [3.63, 3.8) is 0 Å². The van der Waals surface area contributed by atoms with Crippen LogP contribution in [-0.2, 0) is 20.8 Å². The van der Waals surface area contributed by atoms with Crippen LogP contribution in [0.25, 0.3) is 0 Å². The molecule has 0 bridgehead atoms. The Labute approximate surface area is 224 Å². The maximum atomic E-state index is 13.1. The van der Waals surface area contributed by atoms with Gasteiger partial charge in [-0.3, -0.25) is 19.2 Å². The first-order valence-corrected chi connectivity index (χ1v) is 13.2. The predicted molar refractivity (Wildman–Crippen MR) is 140 cm³/mol. The van der Waals surface area contributed by atoms with E-state index in [9.17, 15) is 19.2 Å². The number of benzene rings is 1. The first-order valence-electron chi connectivity index (χ1n) is 11.6. The van der Waals surface area contributed by atoms with E-state index in [2.05, 4.69) is 10.3 Å². The number of rotatable bonds is 8. The summed E-state index contributed by atoms with van der Waals surface area (Å²) in [7, 11) is 0. The van der Waals surface area contributed by atoms with Gasteiger partial charge in [0.1, 0.15) is 6.54 Å². The molecule has 4 amide bonds. The average molecular weight is 555 g/mol. The third kappa shape index (κ3) is 7.65. The molecule has 1 saturated heterocycles. The van der Waals surface area contributed by atoms with Crippen LogP contribution >= 0.6 is 34.5 Å². The zero-order chi connectivity index (χ0) is 26.4. The summed E-state index contributed by atoms with van der Waals surface area (Å²) in [6, 6.07) is 4.61. The highest BCUT2D eigenvalue weighted by molar-refractivity contribution is 7.13. The summed E-state index contributed by atoms with van der Waals surface area (Å²) in [5.41, 5.74) is 0.825. The number of aromatic nitrogens is 1. The third-order valence-corrected chi connectivity index (χ3v) is 6.93. The summed E-state index contributed by atoms with van der Waals surface area (Å²) < 4.78 is 0. The molecule has 1 aliphatic heterocycles. The van der Waals surface area contributed by atoms with Gasteiger partial charge in [-0.2, -0.15) is 0 Å². The molecule has 9 nitrogen and oxygen atoms in total. The van der Waals surface area contributed by atoms with E-state index in [1.807, 2.05) is 13.8 Å². The number of nitrogens with one attached hydrogen (secondary N) is 1. The Bertz CT molecular complexity index is 1130. The van der Waals surface area contributed by atoms with Crippen molar-refractivity contribution in [3.8, 4) is 0 Å². The Morgan fingerprint density at radius 1 is 1.11 bits per heavy atom. The highest BCUT2D eigenvalue weighted by atomic mass is 35.5. The minimum Gasteiger partial charge on any atom is -0.339 e. The fraction of sp³-hybridized carbons (Fsp3) is 0.458. The number of thiazole rings is 1. The molecule has 2 heterocycles. The van der Waals surface area contributed by atoms with E-state index < -0.39 is 5.91 Å². The molecule has 1 fully saturated rings. The van der Waals surface area contributed by atoms with E-state index in [0.29, 0.717) is 48.6 Å². The second-order valence-electron chi connectivity index (χ2n) is 8.96. The first kappa shape index (κ1) is 27.9. The summed E-state index contributed by atoms with van der Waals surface area (Å²) in [6.45, 7) is 7.63. The fourth-order valence-electron chi connectivity index (χ4n) is 3.81. The summed E-state index contributed by atoms with van der Waals surface area (Å²) in [5, 5.41) is 5.44. The van der Waals surface area contributed by atoms with Crippen molar-refractivity contribution in [1.29, 1.82) is 0 Å². The number of nitrogens with zero attached hydrogens (tertiary/aromatic N) is 4. The maximum Gasteiger partial charge on any atom is 0.255 e. The van der Waals surface area contributed by atoms with Crippen molar-refractivity contribution in [2.75, 3.05) is 44.6 Å². The minimum atomic E-state index is -0.401. The summed E-state index contributed by atoms with van der Waals surface area (Å²) in [4.78, 5) is 59.1. The van der Waals surface area contributed by atoms with Gasteiger partial charge in [0.05, 0.1) is 22.7 Å². The lowest BCUT2D eigenvalue weighted by Gasteiger charge is -2.34. The molecule has 1 aliphatic rings. The monoisotopic (exact) mass is 553 g/mol. The van der Waals surface area contributed by atoms with Crippen LogP contribution in [0.2, 0.25) is 10.0 Å². The number of hydrogen-bond acceptors (Lipinski definition) is 6. The SMILES string of the molecule is CC(=O)N1CCN(C(=O)Cc2csc(NC(=O)CN(CC(C)C)C(=O)c3ccc(Cl)cc3Cl)n2)CC1. The molecule has 0 spiro atoms. The highest BCUT2D eigenvalue weighted by Gasteiger charge is 2.24. The van der Waals surface area contributed by atoms with Gasteiger partial charge in [0, 0.05) is 50.1 Å². The van der Waals surface area contributed by atoms with Crippen LogP contribution in [0.1, 0.15) is 36.8 Å². The Balaban J connectivity index is 1.57. The fourth-order valence-corrected chi connectivity index (χ4v) is 5.02. The van der Waals surface area contributed by atoms with E-state index in [-0.39, 0.29) is 47.2 Å². The quantitative estimate of drug-likeness (QED) is 0.539. The van der Waals surface area contributed by atoms with Crippen LogP contribution in [0.15, 0.2) is 23.6 Å². The van der Waals surface area contributed by atoms with Gasteiger partial charge in [0.2, 0.25) is 17.7 Å². The number of amides is 4. The second kappa shape index (κ2) is 12.5. The summed E-state index contributed by atoms with van der Waals surface area (Å²) >= 11 is 13.4. The average Bonchev–Trinajstić information content (AvgIpc) is 3.24. The Morgan fingerprint density at radius 2 is 1.78 bits per heavy atom. The van der Waals surface area contributed by atoms with Gasteiger partial charge in [0.25, 0.3) is 5.91 Å². The van der Waals surface area contributed by atoms with E-state index in [1.54, 1.807) is 27.3 Å². The Morgan fingerprint density at radius 3 is 2.39 bits per heavy atom. The Kier molecular flexibility index (Phi) is 9.69. The molecular formula is C24H29Cl2N5O4S. The van der Waals surface area contributed by atoms with Crippen LogP contribution in [0.5, 0.6) is 0 Å². The lowest BCUT2D eigenvalue weighted by Crippen LogP contribution is -2.50. The maximum absolute atomic E-state index is 13.1. The van der Waals surface area contributed by atoms with Crippen LogP contribution < -0.4 is 5.32 Å². The van der Waals surface area contributed by atoms with Crippen molar-refractivity contribution in [3.05, 3.63) is 44.9 Å². The molecule has 194 valence electrons. The van der Waals surface area contributed by atoms with Gasteiger partial charge >= 0.3 is 0 Å². The summed E-state index contributed by atoms with van der Waals surface area (Å²) in [5.74, 6) is -0.707. The topological polar surface area (TPSA) is 103 Å². The molecule has 12 heteroatoms. The molecule has 1 aromatic heterocycles. The molecule has 0 atom stereocenters. The van der Waals surface area contributed by atoms with Gasteiger partial charge in [-0.15, -0.1) is 11.3 Å². The highest BCUT2D eigenvalue weighted by Crippen LogP contribution is 2.23. The number of carbonyl (C=O) groups excluding carboxylic acids is 4. The van der Waals surface area contributed by atoms with Crippen LogP contribution in [0.4, 0.5) is 5.13 Å². The molecule has 0 radical (unpaired) electrons. The normalized spacial score (nSPS) is 13.6. The van der Waals surface area contributed by atoms with Gasteiger partial charge in [-0.1, -0.05) is 37.0 Å². The largest absolute Gasteiger partial charge is 0.339 e. The van der Waals surface area contributed by atoms with E-state index in [0.717, 1.165) is 0 Å². The van der Waals surface area contributed by atoms with Crippen LogP contribution in [0.3, 0.4) is 0 Å². The van der Waals surface area contributed by atoms with Crippen molar-refractivity contribution < 1.29 is 19.2 Å². The molecule has 3 rings (SSSR count). The van der Waals surface area contributed by atoms with Crippen molar-refractivity contribution in [1.82, 2.24) is 19.7 Å². The number of halogens is 2. The van der Waals surface area contributed by atoms with E-state index in [1.165, 1.54) is 29.2 Å². The second-order valence-corrected chi connectivity index (χ2v) is 10.7. The minimum absolute atomic E-state index is 0.00639. The van der Waals surface area contributed by atoms with Crippen LogP contribution in [0, 0.1) is 5.92 Å². The third-order valence-electron chi connectivity index (χ3n) is 5.58. The molecule has 0 aliphatic carbocycles. The summed E-state index contributed by atoms with van der Waals surface area (Å²) in [6.07, 6.45) is 0.111. The molecule has 2 aromatic rings. The lowest BCUT2D eigenvalue weighted by atomic mass is 10.1. The molecule has 1 N–H and O–H groups in total. The molecule has 1 aromatic carbocycles. The van der Waals surface area contributed by atoms with Crippen molar-refractivity contribution in [2.24, 2.45) is 5.92 Å². The van der Waals surface area contributed by atoms with Crippen LogP contribution in [-0.4, -0.2) is 82.6 Å². The zero-order valence-corrected chi connectivity index (χ0v) is 22.8. The van der Waals surface area contributed by atoms with Gasteiger partial charge in [-0.25, -0.2) is 4.98 Å². The number of carbonyl (C=O) groups is 4.